The molecule has 152 valence electrons. The number of para-hydroxylation sites is 2. The summed E-state index contributed by atoms with van der Waals surface area (Å²) in [5.41, 5.74) is 0.894. The van der Waals surface area contributed by atoms with E-state index in [2.05, 4.69) is 5.32 Å². The van der Waals surface area contributed by atoms with Crippen LogP contribution in [-0.2, 0) is 11.3 Å². The van der Waals surface area contributed by atoms with E-state index >= 15 is 0 Å². The number of carbonyl (C=O) groups excluding carboxylic acids is 2. The van der Waals surface area contributed by atoms with Gasteiger partial charge in [0.15, 0.2) is 6.10 Å². The Morgan fingerprint density at radius 1 is 1.00 bits per heavy atom. The molecule has 30 heavy (non-hydrogen) atoms. The third-order valence-electron chi connectivity index (χ3n) is 4.78. The number of amides is 2. The van der Waals surface area contributed by atoms with E-state index in [0.717, 1.165) is 23.8 Å². The fourth-order valence-corrected chi connectivity index (χ4v) is 3.27. The van der Waals surface area contributed by atoms with Crippen molar-refractivity contribution < 1.29 is 23.1 Å². The van der Waals surface area contributed by atoms with Crippen molar-refractivity contribution in [2.24, 2.45) is 0 Å². The molecule has 1 aliphatic rings. The summed E-state index contributed by atoms with van der Waals surface area (Å²) < 4.78 is 33.6. The van der Waals surface area contributed by atoms with Crippen molar-refractivity contribution in [3.8, 4) is 5.75 Å². The number of fused-ring (bicyclic) bond motifs is 1. The minimum Gasteiger partial charge on any atom is -0.477 e. The van der Waals surface area contributed by atoms with Gasteiger partial charge in [0.25, 0.3) is 11.8 Å². The van der Waals surface area contributed by atoms with Gasteiger partial charge in [0.05, 0.1) is 17.8 Å². The Labute approximate surface area is 171 Å². The van der Waals surface area contributed by atoms with Crippen LogP contribution in [0.4, 0.5) is 14.5 Å². The zero-order chi connectivity index (χ0) is 21.1. The third-order valence-corrected chi connectivity index (χ3v) is 4.78. The lowest BCUT2D eigenvalue weighted by atomic mass is 10.1. The maximum atomic E-state index is 14.2. The predicted octanol–water partition coefficient (Wildman–Crippen LogP) is 3.69. The van der Waals surface area contributed by atoms with E-state index in [4.69, 9.17) is 4.74 Å². The Balaban J connectivity index is 1.58. The molecular formula is C23H18F2N2O3. The summed E-state index contributed by atoms with van der Waals surface area (Å²) in [7, 11) is 0. The monoisotopic (exact) mass is 408 g/mol. The smallest absolute Gasteiger partial charge is 0.263 e. The molecule has 3 aromatic carbocycles. The predicted molar refractivity (Wildman–Crippen MR) is 107 cm³/mol. The topological polar surface area (TPSA) is 58.6 Å². The standard InChI is InChI=1S/C23H18F2N2O3/c24-16-10-11-18(25)17(12-16)23(29)27-14-21(30-20-9-5-4-8-19(20)27)22(28)26-13-15-6-2-1-3-7-15/h1-12,21H,13-14H2,(H,26,28)/t21-/m1/s1. The van der Waals surface area contributed by atoms with Crippen LogP contribution in [0, 0.1) is 11.6 Å². The molecule has 0 fully saturated rings. The Kier molecular flexibility index (Phi) is 5.43. The molecule has 1 heterocycles. The van der Waals surface area contributed by atoms with E-state index in [9.17, 15) is 18.4 Å². The molecule has 3 aromatic rings. The van der Waals surface area contributed by atoms with Crippen molar-refractivity contribution in [1.29, 1.82) is 0 Å². The summed E-state index contributed by atoms with van der Waals surface area (Å²) in [6.07, 6.45) is -0.996. The van der Waals surface area contributed by atoms with Crippen LogP contribution in [0.5, 0.6) is 5.75 Å². The number of hydrogen-bond acceptors (Lipinski definition) is 3. The highest BCUT2D eigenvalue weighted by atomic mass is 19.1. The largest absolute Gasteiger partial charge is 0.477 e. The minimum atomic E-state index is -0.996. The zero-order valence-corrected chi connectivity index (χ0v) is 15.8. The van der Waals surface area contributed by atoms with Crippen LogP contribution < -0.4 is 15.0 Å². The van der Waals surface area contributed by atoms with E-state index in [-0.39, 0.29) is 6.54 Å². The van der Waals surface area contributed by atoms with Gasteiger partial charge in [-0.2, -0.15) is 0 Å². The molecule has 4 rings (SSSR count). The summed E-state index contributed by atoms with van der Waals surface area (Å²) >= 11 is 0. The number of halogens is 2. The van der Waals surface area contributed by atoms with Crippen LogP contribution in [0.25, 0.3) is 0 Å². The molecule has 0 aliphatic carbocycles. The maximum Gasteiger partial charge on any atom is 0.263 e. The van der Waals surface area contributed by atoms with Gasteiger partial charge in [0.1, 0.15) is 17.4 Å². The van der Waals surface area contributed by atoms with E-state index in [1.807, 2.05) is 30.3 Å². The number of hydrogen-bond donors (Lipinski definition) is 1. The summed E-state index contributed by atoms with van der Waals surface area (Å²) in [5, 5.41) is 2.78. The quantitative estimate of drug-likeness (QED) is 0.716. The second kappa shape index (κ2) is 8.32. The van der Waals surface area contributed by atoms with E-state index in [1.165, 1.54) is 4.90 Å². The first-order chi connectivity index (χ1) is 14.5. The molecule has 1 aliphatic heterocycles. The average Bonchev–Trinajstić information content (AvgIpc) is 2.78. The van der Waals surface area contributed by atoms with Crippen LogP contribution in [0.2, 0.25) is 0 Å². The van der Waals surface area contributed by atoms with Gasteiger partial charge in [-0.1, -0.05) is 42.5 Å². The fraction of sp³-hybridized carbons (Fsp3) is 0.130. The molecule has 0 spiro atoms. The normalized spacial score (nSPS) is 15.1. The van der Waals surface area contributed by atoms with Crippen LogP contribution in [0.1, 0.15) is 15.9 Å². The van der Waals surface area contributed by atoms with Gasteiger partial charge < -0.3 is 15.0 Å². The lowest BCUT2D eigenvalue weighted by Gasteiger charge is -2.34. The van der Waals surface area contributed by atoms with E-state index in [0.29, 0.717) is 18.0 Å². The highest BCUT2D eigenvalue weighted by Crippen LogP contribution is 2.34. The number of anilines is 1. The summed E-state index contributed by atoms with van der Waals surface area (Å²) in [4.78, 5) is 27.0. The van der Waals surface area contributed by atoms with Crippen LogP contribution in [0.3, 0.4) is 0 Å². The fourth-order valence-electron chi connectivity index (χ4n) is 3.27. The molecule has 0 radical (unpaired) electrons. The first kappa shape index (κ1) is 19.6. The van der Waals surface area contributed by atoms with Crippen molar-refractivity contribution in [1.82, 2.24) is 5.32 Å². The number of carbonyl (C=O) groups is 2. The van der Waals surface area contributed by atoms with Gasteiger partial charge >= 0.3 is 0 Å². The second-order valence-corrected chi connectivity index (χ2v) is 6.82. The highest BCUT2D eigenvalue weighted by molar-refractivity contribution is 6.08. The van der Waals surface area contributed by atoms with Gasteiger partial charge in [-0.25, -0.2) is 8.78 Å². The Morgan fingerprint density at radius 3 is 2.53 bits per heavy atom. The van der Waals surface area contributed by atoms with Crippen LogP contribution in [-0.4, -0.2) is 24.5 Å². The van der Waals surface area contributed by atoms with E-state index < -0.39 is 35.1 Å². The van der Waals surface area contributed by atoms with Gasteiger partial charge in [0, 0.05) is 6.54 Å². The number of nitrogens with one attached hydrogen (secondary N) is 1. The number of benzene rings is 3. The molecule has 0 aromatic heterocycles. The van der Waals surface area contributed by atoms with Gasteiger partial charge in [-0.3, -0.25) is 9.59 Å². The highest BCUT2D eigenvalue weighted by Gasteiger charge is 2.35. The van der Waals surface area contributed by atoms with Crippen LogP contribution >= 0.6 is 0 Å². The first-order valence-corrected chi connectivity index (χ1v) is 9.37. The Morgan fingerprint density at radius 2 is 1.73 bits per heavy atom. The second-order valence-electron chi connectivity index (χ2n) is 6.82. The SMILES string of the molecule is O=C(NCc1ccccc1)[C@H]1CN(C(=O)c2cc(F)ccc2F)c2ccccc2O1. The van der Waals surface area contributed by atoms with Gasteiger partial charge in [-0.15, -0.1) is 0 Å². The zero-order valence-electron chi connectivity index (χ0n) is 15.8. The maximum absolute atomic E-state index is 14.2. The molecule has 0 saturated carbocycles. The van der Waals surface area contributed by atoms with Crippen molar-refractivity contribution in [3.05, 3.63) is 95.6 Å². The number of nitrogens with zero attached hydrogens (tertiary/aromatic N) is 1. The Bertz CT molecular complexity index is 1090. The first-order valence-electron chi connectivity index (χ1n) is 9.37. The van der Waals surface area contributed by atoms with Crippen molar-refractivity contribution in [2.45, 2.75) is 12.6 Å². The van der Waals surface area contributed by atoms with Crippen molar-refractivity contribution >= 4 is 17.5 Å². The lowest BCUT2D eigenvalue weighted by Crippen LogP contribution is -2.50. The van der Waals surface area contributed by atoms with Crippen LogP contribution in [0.15, 0.2) is 72.8 Å². The molecular weight excluding hydrogens is 390 g/mol. The van der Waals surface area contributed by atoms with Crippen molar-refractivity contribution in [2.75, 3.05) is 11.4 Å². The molecule has 2 amide bonds. The Hall–Kier alpha value is -3.74. The minimum absolute atomic E-state index is 0.133. The average molecular weight is 408 g/mol. The number of rotatable bonds is 4. The van der Waals surface area contributed by atoms with Gasteiger partial charge in [0.2, 0.25) is 0 Å². The third kappa shape index (κ3) is 4.00. The molecule has 0 bridgehead atoms. The molecule has 0 unspecified atom stereocenters. The van der Waals surface area contributed by atoms with E-state index in [1.54, 1.807) is 24.3 Å². The molecule has 1 atom stereocenters. The molecule has 5 nitrogen and oxygen atoms in total. The molecule has 1 N–H and O–H groups in total. The van der Waals surface area contributed by atoms with Gasteiger partial charge in [-0.05, 0) is 35.9 Å². The molecule has 7 heteroatoms. The van der Waals surface area contributed by atoms with Crippen molar-refractivity contribution in [3.63, 3.8) is 0 Å². The number of ether oxygens (including phenoxy) is 1. The summed E-state index contributed by atoms with van der Waals surface area (Å²) in [6.45, 7) is 0.167. The molecule has 0 saturated heterocycles. The summed E-state index contributed by atoms with van der Waals surface area (Å²) in [6, 6.07) is 18.7. The lowest BCUT2D eigenvalue weighted by molar-refractivity contribution is -0.127. The summed E-state index contributed by atoms with van der Waals surface area (Å²) in [5.74, 6) is -2.41.